The van der Waals surface area contributed by atoms with E-state index in [1.807, 2.05) is 0 Å². The second-order valence-corrected chi connectivity index (χ2v) is 14.6. The van der Waals surface area contributed by atoms with Gasteiger partial charge in [0.05, 0.1) is 39.3 Å². The highest BCUT2D eigenvalue weighted by molar-refractivity contribution is 5.96. The quantitative estimate of drug-likeness (QED) is 0.0286. The van der Waals surface area contributed by atoms with E-state index in [2.05, 4.69) is 10.6 Å². The Labute approximate surface area is 381 Å². The minimum Gasteiger partial charge on any atom is -0.480 e. The molecule has 0 aliphatic rings. The largest absolute Gasteiger partial charge is 0.480 e. The number of ketones is 6. The smallest absolute Gasteiger partial charge is 0.323 e. The SMILES string of the molecule is NCC(=O)CCC(=O)N(CC(=O)O)CC(=O)NCC(=O)CCC(=O)N(CC(=O)O)CC(=O)CCCC(=O)CN(CC(=O)O)C(=O)CCC(=O)CNC(=O)CN(CC(=O)O)C(=O)CCC(=O)CN. The molecule has 10 N–H and O–H groups in total. The summed E-state index contributed by atoms with van der Waals surface area (Å²) in [7, 11) is 0. The number of nitrogens with two attached hydrogens (primary N) is 2. The number of carboxylic acids is 4. The molecule has 0 rings (SSSR count). The fourth-order valence-electron chi connectivity index (χ4n) is 5.50. The Kier molecular flexibility index (Phi) is 28.8. The molecule has 0 unspecified atom stereocenters. The van der Waals surface area contributed by atoms with E-state index in [0.717, 1.165) is 0 Å². The van der Waals surface area contributed by atoms with Crippen LogP contribution in [0.1, 0.15) is 70.6 Å². The molecule has 0 aromatic carbocycles. The van der Waals surface area contributed by atoms with Gasteiger partial charge in [-0.1, -0.05) is 0 Å². The zero-order valence-corrected chi connectivity index (χ0v) is 36.5. The maximum absolute atomic E-state index is 12.8. The number of hydrogen-bond donors (Lipinski definition) is 8. The van der Waals surface area contributed by atoms with E-state index in [1.54, 1.807) is 0 Å². The van der Waals surface area contributed by atoms with Crippen LogP contribution < -0.4 is 22.1 Å². The van der Waals surface area contributed by atoms with E-state index in [1.165, 1.54) is 0 Å². The molecule has 372 valence electrons. The minimum atomic E-state index is -1.51. The monoisotopic (exact) mass is 956 g/mol. The van der Waals surface area contributed by atoms with Crippen LogP contribution >= 0.6 is 0 Å². The maximum atomic E-state index is 12.8. The molecule has 0 bridgehead atoms. The van der Waals surface area contributed by atoms with Gasteiger partial charge >= 0.3 is 23.9 Å². The third-order valence-corrected chi connectivity index (χ3v) is 8.92. The normalized spacial score (nSPS) is 10.4. The number of Topliss-reactive ketones (excluding diaryl/α,β-unsaturated/α-hetero) is 6. The van der Waals surface area contributed by atoms with Crippen molar-refractivity contribution < 1.29 is 97.1 Å². The first-order valence-corrected chi connectivity index (χ1v) is 20.4. The number of amides is 6. The molecule has 0 saturated heterocycles. The van der Waals surface area contributed by atoms with Gasteiger partial charge in [0.25, 0.3) is 0 Å². The Morgan fingerprint density at radius 3 is 0.821 bits per heavy atom. The third-order valence-electron chi connectivity index (χ3n) is 8.92. The lowest BCUT2D eigenvalue weighted by Crippen LogP contribution is -2.44. The van der Waals surface area contributed by atoms with Crippen LogP contribution in [0, 0.1) is 0 Å². The number of nitrogens with one attached hydrogen (secondary N) is 2. The Morgan fingerprint density at radius 1 is 0.313 bits per heavy atom. The summed E-state index contributed by atoms with van der Waals surface area (Å²) in [6.07, 6.45) is -4.61. The molecule has 0 aliphatic heterocycles. The van der Waals surface area contributed by atoms with Gasteiger partial charge in [-0.25, -0.2) is 0 Å². The van der Waals surface area contributed by atoms with Gasteiger partial charge in [-0.05, 0) is 6.42 Å². The lowest BCUT2D eigenvalue weighted by Gasteiger charge is -2.21. The Morgan fingerprint density at radius 2 is 0.567 bits per heavy atom. The summed E-state index contributed by atoms with van der Waals surface area (Å²) in [6.45, 7) is -8.76. The van der Waals surface area contributed by atoms with Crippen LogP contribution in [-0.4, -0.2) is 213 Å². The number of aliphatic carboxylic acids is 4. The summed E-state index contributed by atoms with van der Waals surface area (Å²) < 4.78 is 0. The number of carbonyl (C=O) groups is 16. The molecular weight excluding hydrogens is 900 g/mol. The van der Waals surface area contributed by atoms with Crippen molar-refractivity contribution in [2.24, 2.45) is 11.5 Å². The van der Waals surface area contributed by atoms with Crippen LogP contribution in [0.3, 0.4) is 0 Å². The standard InChI is InChI=1S/C39H56N8O20/c40-12-24(48)4-8-34(58)46(22-38(64)65)18-30(54)42-14-26(50)6-10-32(56)44(20-36(60)61)16-28(52)2-1-3-29(53)17-45(21-37(62)63)33(57)11-7-27(51)15-43-31(55)19-47(23-39(66)67)35(59)9-5-25(49)13-41/h1-23,40-41H2,(H,42,54)(H,43,55)(H,60,61)(H,62,63)(H,64,65)(H,66,67). The molecule has 0 aromatic heterocycles. The number of carbonyl (C=O) groups excluding carboxylic acids is 12. The summed E-state index contributed by atoms with van der Waals surface area (Å²) >= 11 is 0. The van der Waals surface area contributed by atoms with Gasteiger partial charge in [0.2, 0.25) is 35.4 Å². The molecule has 28 heteroatoms. The molecule has 67 heavy (non-hydrogen) atoms. The lowest BCUT2D eigenvalue weighted by atomic mass is 10.1. The summed E-state index contributed by atoms with van der Waals surface area (Å²) in [4.78, 5) is 195. The number of rotatable bonds is 38. The first-order valence-electron chi connectivity index (χ1n) is 20.4. The Bertz CT molecular complexity index is 1770. The van der Waals surface area contributed by atoms with Crippen LogP contribution in [0.25, 0.3) is 0 Å². The molecule has 0 aromatic rings. The highest BCUT2D eigenvalue weighted by Gasteiger charge is 2.25. The van der Waals surface area contributed by atoms with E-state index in [4.69, 9.17) is 21.7 Å². The van der Waals surface area contributed by atoms with Crippen molar-refractivity contribution >= 4 is 94.0 Å². The van der Waals surface area contributed by atoms with E-state index < -0.39 is 198 Å². The number of hydrogen-bond acceptors (Lipinski definition) is 18. The van der Waals surface area contributed by atoms with Gasteiger partial charge in [-0.15, -0.1) is 0 Å². The molecule has 0 heterocycles. The van der Waals surface area contributed by atoms with E-state index in [0.29, 0.717) is 19.6 Å². The molecule has 28 nitrogen and oxygen atoms in total. The van der Waals surface area contributed by atoms with E-state index in [9.17, 15) is 86.9 Å². The van der Waals surface area contributed by atoms with Crippen molar-refractivity contribution in [1.82, 2.24) is 30.2 Å². The molecule has 6 amide bonds. The van der Waals surface area contributed by atoms with Crippen LogP contribution in [0.5, 0.6) is 0 Å². The second-order valence-electron chi connectivity index (χ2n) is 14.6. The molecular formula is C39H56N8O20. The zero-order valence-electron chi connectivity index (χ0n) is 36.5. The van der Waals surface area contributed by atoms with Crippen LogP contribution in [0.2, 0.25) is 0 Å². The van der Waals surface area contributed by atoms with Crippen LogP contribution in [0.15, 0.2) is 0 Å². The molecule has 0 fully saturated rings. The van der Waals surface area contributed by atoms with E-state index >= 15 is 0 Å². The maximum Gasteiger partial charge on any atom is 0.323 e. The summed E-state index contributed by atoms with van der Waals surface area (Å²) in [5, 5.41) is 41.0. The molecule has 0 atom stereocenters. The van der Waals surface area contributed by atoms with Crippen molar-refractivity contribution in [3.05, 3.63) is 0 Å². The van der Waals surface area contributed by atoms with Crippen LogP contribution in [0.4, 0.5) is 0 Å². The van der Waals surface area contributed by atoms with Crippen LogP contribution in [-0.2, 0) is 76.7 Å². The van der Waals surface area contributed by atoms with Crippen molar-refractivity contribution in [3.63, 3.8) is 0 Å². The first kappa shape index (κ1) is 59.6. The van der Waals surface area contributed by atoms with Gasteiger partial charge in [-0.3, -0.25) is 76.7 Å². The van der Waals surface area contributed by atoms with E-state index in [-0.39, 0.29) is 45.2 Å². The van der Waals surface area contributed by atoms with Gasteiger partial charge in [0, 0.05) is 64.2 Å². The average molecular weight is 957 g/mol. The van der Waals surface area contributed by atoms with Crippen molar-refractivity contribution in [1.29, 1.82) is 0 Å². The Hall–Kier alpha value is -7.36. The molecule has 0 spiro atoms. The molecule has 0 aliphatic carbocycles. The fraction of sp³-hybridized carbons (Fsp3) is 0.590. The van der Waals surface area contributed by atoms with Gasteiger partial charge in [0.1, 0.15) is 50.8 Å². The topological polar surface area (TPSA) is 443 Å². The van der Waals surface area contributed by atoms with Crippen molar-refractivity contribution in [2.75, 3.05) is 78.5 Å². The van der Waals surface area contributed by atoms with Gasteiger partial charge in [0.15, 0.2) is 23.1 Å². The Balaban J connectivity index is 5.06. The summed E-state index contributed by atoms with van der Waals surface area (Å²) in [5.41, 5.74) is 10.4. The van der Waals surface area contributed by atoms with Crippen molar-refractivity contribution in [2.45, 2.75) is 70.6 Å². The predicted octanol–water partition coefficient (Wildman–Crippen LogP) is -5.51. The van der Waals surface area contributed by atoms with Gasteiger partial charge < -0.3 is 62.1 Å². The van der Waals surface area contributed by atoms with Gasteiger partial charge in [-0.2, -0.15) is 0 Å². The molecule has 0 radical (unpaired) electrons. The minimum absolute atomic E-state index is 0.180. The molecule has 0 saturated carbocycles. The zero-order chi connectivity index (χ0) is 51.2. The average Bonchev–Trinajstić information content (AvgIpc) is 3.24. The first-order chi connectivity index (χ1) is 31.4. The predicted molar refractivity (Wildman–Crippen MR) is 222 cm³/mol. The lowest BCUT2D eigenvalue weighted by molar-refractivity contribution is -0.146. The third kappa shape index (κ3) is 28.9. The fourth-order valence-corrected chi connectivity index (χ4v) is 5.50. The summed E-state index contributed by atoms with van der Waals surface area (Å²) in [5.74, 6) is -15.2. The highest BCUT2D eigenvalue weighted by atomic mass is 16.4. The summed E-state index contributed by atoms with van der Waals surface area (Å²) in [6, 6.07) is 0. The number of carboxylic acid groups (broad SMARTS) is 4. The second kappa shape index (κ2) is 32.3. The number of nitrogens with zero attached hydrogens (tertiary/aromatic N) is 4. The highest BCUT2D eigenvalue weighted by Crippen LogP contribution is 2.07. The van der Waals surface area contributed by atoms with Crippen molar-refractivity contribution in [3.8, 4) is 0 Å².